The highest BCUT2D eigenvalue weighted by Gasteiger charge is 2.24. The molecule has 1 aromatic rings. The Morgan fingerprint density at radius 1 is 1.41 bits per heavy atom. The van der Waals surface area contributed by atoms with Crippen LogP contribution >= 0.6 is 0 Å². The molecular formula is C13H15N3O. The third kappa shape index (κ3) is 2.30. The zero-order valence-corrected chi connectivity index (χ0v) is 9.54. The van der Waals surface area contributed by atoms with Crippen LogP contribution in [0.3, 0.4) is 0 Å². The van der Waals surface area contributed by atoms with Gasteiger partial charge >= 0.3 is 0 Å². The molecule has 2 rings (SSSR count). The molecule has 0 saturated heterocycles. The fourth-order valence-corrected chi connectivity index (χ4v) is 1.81. The fourth-order valence-electron chi connectivity index (χ4n) is 1.81. The van der Waals surface area contributed by atoms with Gasteiger partial charge in [0.25, 0.3) is 0 Å². The van der Waals surface area contributed by atoms with Crippen LogP contribution in [0.25, 0.3) is 0 Å². The van der Waals surface area contributed by atoms with Crippen molar-refractivity contribution in [2.75, 3.05) is 18.1 Å². The summed E-state index contributed by atoms with van der Waals surface area (Å²) in [6.07, 6.45) is 3.56. The lowest BCUT2D eigenvalue weighted by molar-refractivity contribution is -0.114. The number of hydrogen-bond donors (Lipinski definition) is 1. The lowest BCUT2D eigenvalue weighted by Gasteiger charge is -2.29. The molecule has 1 aliphatic rings. The van der Waals surface area contributed by atoms with E-state index in [1.54, 1.807) is 12.3 Å². The number of para-hydroxylation sites is 1. The van der Waals surface area contributed by atoms with Crippen molar-refractivity contribution in [3.05, 3.63) is 54.8 Å². The van der Waals surface area contributed by atoms with Crippen LogP contribution in [0.1, 0.15) is 0 Å². The number of rotatable bonds is 4. The summed E-state index contributed by atoms with van der Waals surface area (Å²) in [7, 11) is 0. The van der Waals surface area contributed by atoms with Gasteiger partial charge in [0.05, 0.1) is 24.4 Å². The van der Waals surface area contributed by atoms with E-state index in [0.717, 1.165) is 5.69 Å². The Balaban J connectivity index is 2.24. The maximum absolute atomic E-state index is 11.2. The van der Waals surface area contributed by atoms with E-state index >= 15 is 0 Å². The minimum Gasteiger partial charge on any atom is -0.366 e. The smallest absolute Gasteiger partial charge is 0.248 e. The van der Waals surface area contributed by atoms with E-state index in [2.05, 4.69) is 6.58 Å². The number of hydrazine groups is 1. The molecule has 0 bridgehead atoms. The molecule has 1 aliphatic heterocycles. The van der Waals surface area contributed by atoms with Crippen molar-refractivity contribution in [2.45, 2.75) is 0 Å². The summed E-state index contributed by atoms with van der Waals surface area (Å²) in [6, 6.07) is 9.87. The van der Waals surface area contributed by atoms with E-state index in [9.17, 15) is 4.79 Å². The molecule has 4 heteroatoms. The molecule has 1 amide bonds. The number of carbonyl (C=O) groups excluding carboxylic acids is 1. The minimum atomic E-state index is -0.377. The van der Waals surface area contributed by atoms with E-state index < -0.39 is 0 Å². The summed E-state index contributed by atoms with van der Waals surface area (Å²) in [5.41, 5.74) is 6.95. The molecule has 0 radical (unpaired) electrons. The lowest BCUT2D eigenvalue weighted by Crippen LogP contribution is -2.35. The van der Waals surface area contributed by atoms with E-state index in [-0.39, 0.29) is 5.91 Å². The lowest BCUT2D eigenvalue weighted by atomic mass is 10.2. The number of benzene rings is 1. The monoisotopic (exact) mass is 229 g/mol. The van der Waals surface area contributed by atoms with Crippen LogP contribution < -0.4 is 10.7 Å². The first-order valence-electron chi connectivity index (χ1n) is 5.43. The Hall–Kier alpha value is -2.23. The minimum absolute atomic E-state index is 0.377. The first-order chi connectivity index (χ1) is 8.22. The number of primary amides is 1. The topological polar surface area (TPSA) is 49.6 Å². The second-order valence-electron chi connectivity index (χ2n) is 3.82. The molecule has 1 aromatic carbocycles. The van der Waals surface area contributed by atoms with Crippen molar-refractivity contribution in [1.29, 1.82) is 0 Å². The highest BCUT2D eigenvalue weighted by molar-refractivity contribution is 5.93. The quantitative estimate of drug-likeness (QED) is 0.791. The summed E-state index contributed by atoms with van der Waals surface area (Å²) >= 11 is 0. The van der Waals surface area contributed by atoms with Crippen LogP contribution in [0.5, 0.6) is 0 Å². The average Bonchev–Trinajstić information content (AvgIpc) is 2.75. The molecular weight excluding hydrogens is 214 g/mol. The molecule has 4 nitrogen and oxygen atoms in total. The van der Waals surface area contributed by atoms with Gasteiger partial charge in [-0.25, -0.2) is 0 Å². The molecule has 17 heavy (non-hydrogen) atoms. The molecule has 0 atom stereocenters. The van der Waals surface area contributed by atoms with Gasteiger partial charge in [-0.1, -0.05) is 24.3 Å². The van der Waals surface area contributed by atoms with Crippen LogP contribution in [0.15, 0.2) is 54.8 Å². The number of anilines is 1. The van der Waals surface area contributed by atoms with Crippen molar-refractivity contribution in [2.24, 2.45) is 5.73 Å². The van der Waals surface area contributed by atoms with Crippen LogP contribution in [0, 0.1) is 0 Å². The molecule has 0 spiro atoms. The normalized spacial score (nSPS) is 14.7. The highest BCUT2D eigenvalue weighted by atomic mass is 16.1. The van der Waals surface area contributed by atoms with Gasteiger partial charge in [0, 0.05) is 6.20 Å². The predicted molar refractivity (Wildman–Crippen MR) is 68.0 cm³/mol. The zero-order valence-electron chi connectivity index (χ0n) is 9.54. The van der Waals surface area contributed by atoms with Gasteiger partial charge in [-0.05, 0) is 12.1 Å². The Morgan fingerprint density at radius 2 is 2.12 bits per heavy atom. The van der Waals surface area contributed by atoms with E-state index in [0.29, 0.717) is 18.7 Å². The number of nitrogens with two attached hydrogens (primary N) is 1. The SMILES string of the molecule is C=CCN1C=C(C(N)=O)CN1c1ccccc1. The van der Waals surface area contributed by atoms with Crippen LogP contribution in [0.2, 0.25) is 0 Å². The third-order valence-electron chi connectivity index (χ3n) is 2.62. The van der Waals surface area contributed by atoms with Gasteiger partial charge in [-0.2, -0.15) is 0 Å². The van der Waals surface area contributed by atoms with Gasteiger partial charge in [0.15, 0.2) is 0 Å². The van der Waals surface area contributed by atoms with Gasteiger partial charge < -0.3 is 5.73 Å². The van der Waals surface area contributed by atoms with Crippen molar-refractivity contribution < 1.29 is 4.79 Å². The summed E-state index contributed by atoms with van der Waals surface area (Å²) in [5.74, 6) is -0.377. The summed E-state index contributed by atoms with van der Waals surface area (Å²) < 4.78 is 0. The predicted octanol–water partition coefficient (Wildman–Crippen LogP) is 1.28. The molecule has 0 fully saturated rings. The number of hydrogen-bond acceptors (Lipinski definition) is 3. The maximum Gasteiger partial charge on any atom is 0.248 e. The Labute approximate surface area is 101 Å². The van der Waals surface area contributed by atoms with Crippen LogP contribution in [-0.4, -0.2) is 24.0 Å². The molecule has 0 saturated carbocycles. The second-order valence-corrected chi connectivity index (χ2v) is 3.82. The Kier molecular flexibility index (Phi) is 3.14. The van der Waals surface area contributed by atoms with Crippen molar-refractivity contribution >= 4 is 11.6 Å². The standard InChI is InChI=1S/C13H15N3O/c1-2-8-15-9-11(13(14)17)10-16(15)12-6-4-3-5-7-12/h2-7,9H,1,8,10H2,(H2,14,17). The van der Waals surface area contributed by atoms with E-state index in [1.165, 1.54) is 0 Å². The zero-order chi connectivity index (χ0) is 12.3. The Bertz CT molecular complexity index is 453. The van der Waals surface area contributed by atoms with Crippen LogP contribution in [0.4, 0.5) is 5.69 Å². The summed E-state index contributed by atoms with van der Waals surface area (Å²) in [4.78, 5) is 11.2. The van der Waals surface area contributed by atoms with Crippen molar-refractivity contribution in [3.63, 3.8) is 0 Å². The van der Waals surface area contributed by atoms with Gasteiger partial charge in [-0.15, -0.1) is 6.58 Å². The molecule has 2 N–H and O–H groups in total. The largest absolute Gasteiger partial charge is 0.366 e. The number of carbonyl (C=O) groups is 1. The van der Waals surface area contributed by atoms with Gasteiger partial charge in [0.2, 0.25) is 5.91 Å². The molecule has 88 valence electrons. The van der Waals surface area contributed by atoms with E-state index in [4.69, 9.17) is 5.73 Å². The molecule has 0 aromatic heterocycles. The van der Waals surface area contributed by atoms with Crippen molar-refractivity contribution in [3.8, 4) is 0 Å². The van der Waals surface area contributed by atoms with Gasteiger partial charge in [0.1, 0.15) is 0 Å². The number of nitrogens with zero attached hydrogens (tertiary/aromatic N) is 2. The first-order valence-corrected chi connectivity index (χ1v) is 5.43. The number of amides is 1. The average molecular weight is 229 g/mol. The van der Waals surface area contributed by atoms with E-state index in [1.807, 2.05) is 40.3 Å². The molecule has 0 aliphatic carbocycles. The highest BCUT2D eigenvalue weighted by Crippen LogP contribution is 2.23. The van der Waals surface area contributed by atoms with Crippen molar-refractivity contribution in [1.82, 2.24) is 5.01 Å². The first kappa shape index (κ1) is 11.3. The fraction of sp³-hybridized carbons (Fsp3) is 0.154. The van der Waals surface area contributed by atoms with Gasteiger partial charge in [-0.3, -0.25) is 14.8 Å². The van der Waals surface area contributed by atoms with Crippen LogP contribution in [-0.2, 0) is 4.79 Å². The third-order valence-corrected chi connectivity index (χ3v) is 2.62. The molecule has 1 heterocycles. The summed E-state index contributed by atoms with van der Waals surface area (Å²) in [6.45, 7) is 4.86. The Morgan fingerprint density at radius 3 is 2.71 bits per heavy atom. The maximum atomic E-state index is 11.2. The summed E-state index contributed by atoms with van der Waals surface area (Å²) in [5, 5.41) is 3.93. The second kappa shape index (κ2) is 4.74. The molecule has 0 unspecified atom stereocenters.